The SMILES string of the molecule is COC(C)CN(C)CCN=C1N[NH+]([O-])c2cc3c(cc2[NH+]1[O-])CCC3. The lowest BCUT2D eigenvalue weighted by molar-refractivity contribution is -0.851. The number of nitrogens with zero attached hydrogens (tertiary/aromatic N) is 2. The van der Waals surface area contributed by atoms with E-state index in [4.69, 9.17) is 4.74 Å². The molecule has 8 heteroatoms. The fraction of sp³-hybridized carbons (Fsp3) is 0.588. The predicted octanol–water partition coefficient (Wildman–Crippen LogP) is -0.955. The van der Waals surface area contributed by atoms with Gasteiger partial charge in [0.05, 0.1) is 12.6 Å². The van der Waals surface area contributed by atoms with E-state index in [1.165, 1.54) is 11.1 Å². The highest BCUT2D eigenvalue weighted by Gasteiger charge is 2.31. The highest BCUT2D eigenvalue weighted by molar-refractivity contribution is 5.76. The zero-order chi connectivity index (χ0) is 18.0. The molecule has 25 heavy (non-hydrogen) atoms. The molecule has 1 heterocycles. The molecule has 1 aliphatic carbocycles. The number of aryl methyl sites for hydroxylation is 2. The number of likely N-dealkylation sites (N-methyl/N-ethyl adjacent to an activating group) is 1. The molecule has 0 spiro atoms. The lowest BCUT2D eigenvalue weighted by Gasteiger charge is -2.35. The number of quaternary nitrogens is 2. The van der Waals surface area contributed by atoms with Crippen molar-refractivity contribution >= 4 is 17.3 Å². The molecule has 1 aromatic rings. The Morgan fingerprint density at radius 1 is 1.28 bits per heavy atom. The van der Waals surface area contributed by atoms with Crippen LogP contribution in [0.3, 0.4) is 0 Å². The first-order valence-electron chi connectivity index (χ1n) is 8.77. The Morgan fingerprint density at radius 3 is 2.64 bits per heavy atom. The van der Waals surface area contributed by atoms with Crippen LogP contribution in [0.4, 0.5) is 11.4 Å². The minimum absolute atomic E-state index is 0.141. The van der Waals surface area contributed by atoms with Crippen LogP contribution in [0, 0.1) is 10.4 Å². The largest absolute Gasteiger partial charge is 0.621 e. The number of fused-ring (bicyclic) bond motifs is 2. The molecule has 2 aliphatic rings. The van der Waals surface area contributed by atoms with E-state index in [2.05, 4.69) is 15.3 Å². The number of hydrogen-bond acceptors (Lipinski definition) is 5. The van der Waals surface area contributed by atoms with Gasteiger partial charge < -0.3 is 20.1 Å². The number of hydrogen-bond donors (Lipinski definition) is 3. The fourth-order valence-electron chi connectivity index (χ4n) is 3.41. The number of hydroxylamine groups is 1. The molecule has 1 aromatic carbocycles. The summed E-state index contributed by atoms with van der Waals surface area (Å²) in [5.74, 6) is 0.156. The summed E-state index contributed by atoms with van der Waals surface area (Å²) in [6, 6.07) is 3.77. The average Bonchev–Trinajstić information content (AvgIpc) is 3.05. The van der Waals surface area contributed by atoms with Crippen LogP contribution in [-0.2, 0) is 17.6 Å². The van der Waals surface area contributed by atoms with Gasteiger partial charge in [-0.05, 0) is 44.4 Å². The summed E-state index contributed by atoms with van der Waals surface area (Å²) in [4.78, 5) is 6.42. The van der Waals surface area contributed by atoms with Gasteiger partial charge in [-0.3, -0.25) is 5.06 Å². The second-order valence-electron chi connectivity index (χ2n) is 6.84. The molecule has 0 saturated heterocycles. The summed E-state index contributed by atoms with van der Waals surface area (Å²) in [5, 5.41) is 24.6. The molecule has 0 saturated carbocycles. The summed E-state index contributed by atoms with van der Waals surface area (Å²) in [6.45, 7) is 3.94. The maximum absolute atomic E-state index is 12.7. The number of methoxy groups -OCH3 is 1. The normalized spacial score (nSPS) is 25.0. The van der Waals surface area contributed by atoms with Crippen molar-refractivity contribution in [1.29, 1.82) is 0 Å². The molecular weight excluding hydrogens is 322 g/mol. The van der Waals surface area contributed by atoms with Gasteiger partial charge in [-0.25, -0.2) is 10.2 Å². The van der Waals surface area contributed by atoms with Crippen molar-refractivity contribution < 1.29 is 15.0 Å². The minimum Gasteiger partial charge on any atom is -0.621 e. The van der Waals surface area contributed by atoms with E-state index >= 15 is 0 Å². The van der Waals surface area contributed by atoms with Gasteiger partial charge in [0.1, 0.15) is 0 Å². The van der Waals surface area contributed by atoms with Crippen molar-refractivity contribution in [3.05, 3.63) is 33.7 Å². The van der Waals surface area contributed by atoms with Crippen LogP contribution < -0.4 is 15.7 Å². The van der Waals surface area contributed by atoms with Gasteiger partial charge >= 0.3 is 5.96 Å². The molecule has 0 fully saturated rings. The molecule has 0 amide bonds. The smallest absolute Gasteiger partial charge is 0.347 e. The standard InChI is InChI=1S/C17H27N5O3/c1-12(25-3)11-20(2)8-7-18-17-19-22(24)16-10-14-6-4-5-13(14)9-15(16)21(17)23/h9-10,12,21-22H,4-8,11H2,1-3H3,(H,18,19). The van der Waals surface area contributed by atoms with E-state index in [1.807, 2.05) is 26.1 Å². The van der Waals surface area contributed by atoms with Crippen LogP contribution in [0.25, 0.3) is 0 Å². The molecule has 1 aliphatic heterocycles. The Labute approximate surface area is 148 Å². The summed E-state index contributed by atoms with van der Waals surface area (Å²) in [5.41, 5.74) is 6.01. The van der Waals surface area contributed by atoms with Gasteiger partial charge in [0.15, 0.2) is 0 Å². The minimum atomic E-state index is -0.232. The van der Waals surface area contributed by atoms with Crippen molar-refractivity contribution in [2.24, 2.45) is 4.99 Å². The summed E-state index contributed by atoms with van der Waals surface area (Å²) >= 11 is 0. The molecule has 3 rings (SSSR count). The average molecular weight is 349 g/mol. The quantitative estimate of drug-likeness (QED) is 0.576. The van der Waals surface area contributed by atoms with Gasteiger partial charge in [0, 0.05) is 32.3 Å². The number of guanidine groups is 1. The Balaban J connectivity index is 1.68. The van der Waals surface area contributed by atoms with E-state index in [1.54, 1.807) is 7.11 Å². The molecule has 3 atom stereocenters. The lowest BCUT2D eigenvalue weighted by Crippen LogP contribution is -3.24. The van der Waals surface area contributed by atoms with Crippen molar-refractivity contribution in [1.82, 2.24) is 10.3 Å². The first-order chi connectivity index (χ1) is 12.0. The molecule has 0 aromatic heterocycles. The summed E-state index contributed by atoms with van der Waals surface area (Å²) in [7, 11) is 3.67. The first-order valence-corrected chi connectivity index (χ1v) is 8.77. The number of aliphatic imine (C=N–C) groups is 1. The number of benzene rings is 1. The second-order valence-corrected chi connectivity index (χ2v) is 6.84. The van der Waals surface area contributed by atoms with Gasteiger partial charge in [0.25, 0.3) is 0 Å². The zero-order valence-corrected chi connectivity index (χ0v) is 15.1. The highest BCUT2D eigenvalue weighted by atomic mass is 16.6. The monoisotopic (exact) mass is 349 g/mol. The van der Waals surface area contributed by atoms with Gasteiger partial charge in [-0.15, -0.1) is 0 Å². The Hall–Kier alpha value is -1.55. The van der Waals surface area contributed by atoms with E-state index in [0.717, 1.165) is 25.8 Å². The van der Waals surface area contributed by atoms with Crippen molar-refractivity contribution in [3.8, 4) is 0 Å². The maximum atomic E-state index is 12.7. The topological polar surface area (TPSA) is 91.9 Å². The van der Waals surface area contributed by atoms with Crippen LogP contribution in [0.1, 0.15) is 24.5 Å². The molecule has 3 N–H and O–H groups in total. The van der Waals surface area contributed by atoms with E-state index in [0.29, 0.717) is 24.5 Å². The van der Waals surface area contributed by atoms with Crippen molar-refractivity contribution in [2.45, 2.75) is 32.3 Å². The van der Waals surface area contributed by atoms with E-state index in [-0.39, 0.29) is 22.3 Å². The predicted molar refractivity (Wildman–Crippen MR) is 95.9 cm³/mol. The Kier molecular flexibility index (Phi) is 5.67. The maximum Gasteiger partial charge on any atom is 0.347 e. The lowest BCUT2D eigenvalue weighted by atomic mass is 10.1. The van der Waals surface area contributed by atoms with Gasteiger partial charge in [0.2, 0.25) is 11.4 Å². The molecular formula is C17H27N5O3. The highest BCUT2D eigenvalue weighted by Crippen LogP contribution is 2.28. The third-order valence-corrected chi connectivity index (χ3v) is 4.89. The van der Waals surface area contributed by atoms with Crippen molar-refractivity contribution in [3.63, 3.8) is 0 Å². The van der Waals surface area contributed by atoms with Gasteiger partial charge in [-0.2, -0.15) is 5.43 Å². The third-order valence-electron chi connectivity index (χ3n) is 4.89. The molecule has 3 unspecified atom stereocenters. The van der Waals surface area contributed by atoms with E-state index < -0.39 is 0 Å². The summed E-state index contributed by atoms with van der Waals surface area (Å²) < 4.78 is 5.24. The molecule has 8 nitrogen and oxygen atoms in total. The fourth-order valence-corrected chi connectivity index (χ4v) is 3.41. The Bertz CT molecular complexity index is 651. The third kappa shape index (κ3) is 4.00. The summed E-state index contributed by atoms with van der Waals surface area (Å²) in [6.07, 6.45) is 3.19. The van der Waals surface area contributed by atoms with Crippen LogP contribution in [0.5, 0.6) is 0 Å². The molecule has 138 valence electrons. The van der Waals surface area contributed by atoms with Crippen LogP contribution in [-0.4, -0.2) is 50.8 Å². The van der Waals surface area contributed by atoms with Gasteiger partial charge in [-0.1, -0.05) is 0 Å². The Morgan fingerprint density at radius 2 is 1.96 bits per heavy atom. The number of rotatable bonds is 6. The van der Waals surface area contributed by atoms with Crippen LogP contribution in [0.15, 0.2) is 17.1 Å². The second kappa shape index (κ2) is 7.77. The van der Waals surface area contributed by atoms with Crippen LogP contribution >= 0.6 is 0 Å². The first kappa shape index (κ1) is 18.2. The molecule has 0 radical (unpaired) electrons. The van der Waals surface area contributed by atoms with E-state index in [9.17, 15) is 10.4 Å². The molecule has 0 bridgehead atoms. The van der Waals surface area contributed by atoms with Crippen LogP contribution in [0.2, 0.25) is 0 Å². The number of ether oxygens (including phenoxy) is 1. The van der Waals surface area contributed by atoms with Crippen molar-refractivity contribution in [2.75, 3.05) is 33.8 Å². The number of nitrogens with one attached hydrogen (secondary N) is 3. The zero-order valence-electron chi connectivity index (χ0n) is 15.1.